The Morgan fingerprint density at radius 1 is 0.885 bits per heavy atom. The number of aliphatic hydroxyl groups excluding tert-OH is 1. The lowest BCUT2D eigenvalue weighted by molar-refractivity contribution is -0.121. The number of hydrogen-bond donors (Lipinski definition) is 1. The Labute approximate surface area is 153 Å². The maximum atomic E-state index is 12.9. The monoisotopic (exact) mass is 349 g/mol. The number of carbonyl (C=O) groups is 2. The van der Waals surface area contributed by atoms with Crippen LogP contribution in [0.3, 0.4) is 0 Å². The third-order valence-corrected chi connectivity index (χ3v) is 4.70. The average molecular weight is 349 g/mol. The van der Waals surface area contributed by atoms with Crippen LogP contribution in [0.25, 0.3) is 5.57 Å². The Morgan fingerprint density at radius 2 is 1.50 bits per heavy atom. The summed E-state index contributed by atoms with van der Waals surface area (Å²) in [7, 11) is 0. The SMILES string of the molecule is Cc1ccc(C2=C(O)C(=O)N(c3ccc(C(C)(C)C)cc3)C2=O)c(C)c1. The molecule has 0 fully saturated rings. The largest absolute Gasteiger partial charge is 0.502 e. The molecule has 2 aromatic rings. The molecule has 0 unspecified atom stereocenters. The minimum Gasteiger partial charge on any atom is -0.502 e. The number of rotatable bonds is 2. The first-order chi connectivity index (χ1) is 12.1. The lowest BCUT2D eigenvalue weighted by atomic mass is 9.87. The molecule has 134 valence electrons. The van der Waals surface area contributed by atoms with Crippen molar-refractivity contribution >= 4 is 23.1 Å². The van der Waals surface area contributed by atoms with E-state index in [0.29, 0.717) is 11.3 Å². The van der Waals surface area contributed by atoms with Crippen molar-refractivity contribution in [3.8, 4) is 0 Å². The van der Waals surface area contributed by atoms with E-state index < -0.39 is 17.6 Å². The number of nitrogens with zero attached hydrogens (tertiary/aromatic N) is 1. The molecule has 0 bridgehead atoms. The van der Waals surface area contributed by atoms with Crippen molar-refractivity contribution in [2.45, 2.75) is 40.0 Å². The average Bonchev–Trinajstić information content (AvgIpc) is 2.77. The van der Waals surface area contributed by atoms with E-state index in [1.807, 2.05) is 38.1 Å². The summed E-state index contributed by atoms with van der Waals surface area (Å²) >= 11 is 0. The first-order valence-electron chi connectivity index (χ1n) is 8.61. The summed E-state index contributed by atoms with van der Waals surface area (Å²) in [6, 6.07) is 12.9. The summed E-state index contributed by atoms with van der Waals surface area (Å²) in [6.07, 6.45) is 0. The fraction of sp³-hybridized carbons (Fsp3) is 0.273. The number of anilines is 1. The van der Waals surface area contributed by atoms with Gasteiger partial charge in [-0.25, -0.2) is 4.90 Å². The highest BCUT2D eigenvalue weighted by molar-refractivity contribution is 6.45. The molecule has 1 N–H and O–H groups in total. The third-order valence-electron chi connectivity index (χ3n) is 4.70. The normalized spacial score (nSPS) is 15.2. The van der Waals surface area contributed by atoms with Crippen molar-refractivity contribution in [3.05, 3.63) is 70.5 Å². The molecule has 0 saturated carbocycles. The number of benzene rings is 2. The number of hydrogen-bond acceptors (Lipinski definition) is 3. The van der Waals surface area contributed by atoms with Crippen LogP contribution in [-0.2, 0) is 15.0 Å². The van der Waals surface area contributed by atoms with Gasteiger partial charge in [0.1, 0.15) is 0 Å². The predicted octanol–water partition coefficient (Wildman–Crippen LogP) is 4.44. The predicted molar refractivity (Wildman–Crippen MR) is 103 cm³/mol. The van der Waals surface area contributed by atoms with Crippen LogP contribution in [0.15, 0.2) is 48.2 Å². The zero-order valence-electron chi connectivity index (χ0n) is 15.8. The number of aryl methyl sites for hydroxylation is 2. The van der Waals surface area contributed by atoms with Crippen LogP contribution in [-0.4, -0.2) is 16.9 Å². The number of carbonyl (C=O) groups excluding carboxylic acids is 2. The van der Waals surface area contributed by atoms with Crippen LogP contribution in [0.5, 0.6) is 0 Å². The molecule has 0 radical (unpaired) electrons. The molecule has 0 aliphatic carbocycles. The highest BCUT2D eigenvalue weighted by Crippen LogP contribution is 2.34. The lowest BCUT2D eigenvalue weighted by Gasteiger charge is -2.21. The highest BCUT2D eigenvalue weighted by Gasteiger charge is 2.40. The first kappa shape index (κ1) is 17.9. The molecule has 4 nitrogen and oxygen atoms in total. The number of amides is 2. The van der Waals surface area contributed by atoms with Gasteiger partial charge in [-0.05, 0) is 48.1 Å². The molecule has 2 aromatic carbocycles. The van der Waals surface area contributed by atoms with Gasteiger partial charge in [0.05, 0.1) is 11.3 Å². The van der Waals surface area contributed by atoms with E-state index in [1.54, 1.807) is 18.2 Å². The summed E-state index contributed by atoms with van der Waals surface area (Å²) in [4.78, 5) is 26.5. The molecule has 0 saturated heterocycles. The molecular formula is C22H23NO3. The van der Waals surface area contributed by atoms with Crippen molar-refractivity contribution in [3.63, 3.8) is 0 Å². The van der Waals surface area contributed by atoms with Crippen LogP contribution >= 0.6 is 0 Å². The molecule has 1 aliphatic heterocycles. The first-order valence-corrected chi connectivity index (χ1v) is 8.61. The molecule has 0 atom stereocenters. The van der Waals surface area contributed by atoms with E-state index in [-0.39, 0.29) is 11.0 Å². The fourth-order valence-corrected chi connectivity index (χ4v) is 3.20. The van der Waals surface area contributed by atoms with E-state index in [2.05, 4.69) is 20.8 Å². The zero-order valence-corrected chi connectivity index (χ0v) is 15.8. The van der Waals surface area contributed by atoms with Gasteiger partial charge in [0.15, 0.2) is 5.76 Å². The Morgan fingerprint density at radius 3 is 2.04 bits per heavy atom. The van der Waals surface area contributed by atoms with Crippen LogP contribution < -0.4 is 4.90 Å². The Hall–Kier alpha value is -2.88. The Bertz CT molecular complexity index is 931. The topological polar surface area (TPSA) is 57.6 Å². The van der Waals surface area contributed by atoms with Crippen LogP contribution in [0.4, 0.5) is 5.69 Å². The van der Waals surface area contributed by atoms with Gasteiger partial charge in [-0.3, -0.25) is 9.59 Å². The van der Waals surface area contributed by atoms with Crippen molar-refractivity contribution < 1.29 is 14.7 Å². The smallest absolute Gasteiger partial charge is 0.301 e. The zero-order chi connectivity index (χ0) is 19.2. The molecule has 26 heavy (non-hydrogen) atoms. The van der Waals surface area contributed by atoms with Gasteiger partial charge >= 0.3 is 5.91 Å². The van der Waals surface area contributed by atoms with Gasteiger partial charge in [-0.2, -0.15) is 0 Å². The van der Waals surface area contributed by atoms with Crippen molar-refractivity contribution in [2.75, 3.05) is 4.90 Å². The maximum absolute atomic E-state index is 12.9. The minimum absolute atomic E-state index is 0.0257. The summed E-state index contributed by atoms with van der Waals surface area (Å²) in [5.74, 6) is -1.68. The number of aliphatic hydroxyl groups is 1. The summed E-state index contributed by atoms with van der Waals surface area (Å²) < 4.78 is 0. The van der Waals surface area contributed by atoms with Gasteiger partial charge in [0, 0.05) is 0 Å². The van der Waals surface area contributed by atoms with Crippen molar-refractivity contribution in [1.82, 2.24) is 0 Å². The molecule has 1 aliphatic rings. The fourth-order valence-electron chi connectivity index (χ4n) is 3.20. The molecule has 3 rings (SSSR count). The maximum Gasteiger partial charge on any atom is 0.301 e. The van der Waals surface area contributed by atoms with Gasteiger partial charge in [0.2, 0.25) is 0 Å². The van der Waals surface area contributed by atoms with Crippen LogP contribution in [0.2, 0.25) is 0 Å². The second-order valence-electron chi connectivity index (χ2n) is 7.78. The minimum atomic E-state index is -0.687. The van der Waals surface area contributed by atoms with E-state index in [4.69, 9.17) is 0 Å². The Balaban J connectivity index is 2.01. The molecule has 0 aromatic heterocycles. The summed E-state index contributed by atoms with van der Waals surface area (Å²) in [6.45, 7) is 10.1. The second-order valence-corrected chi connectivity index (χ2v) is 7.78. The summed E-state index contributed by atoms with van der Waals surface area (Å²) in [5, 5.41) is 10.4. The highest BCUT2D eigenvalue weighted by atomic mass is 16.3. The Kier molecular flexibility index (Phi) is 4.23. The number of imide groups is 1. The lowest BCUT2D eigenvalue weighted by Crippen LogP contribution is -2.31. The molecular weight excluding hydrogens is 326 g/mol. The molecule has 2 amide bonds. The molecule has 0 spiro atoms. The third kappa shape index (κ3) is 2.92. The quantitative estimate of drug-likeness (QED) is 0.815. The van der Waals surface area contributed by atoms with Gasteiger partial charge in [-0.15, -0.1) is 0 Å². The standard InChI is InChI=1S/C22H23NO3/c1-13-6-11-17(14(2)12-13)18-19(24)21(26)23(20(18)25)16-9-7-15(8-10-16)22(3,4)5/h6-12,24H,1-5H3. The molecule has 1 heterocycles. The van der Waals surface area contributed by atoms with Crippen molar-refractivity contribution in [2.24, 2.45) is 0 Å². The second kappa shape index (κ2) is 6.13. The van der Waals surface area contributed by atoms with E-state index in [9.17, 15) is 14.7 Å². The van der Waals surface area contributed by atoms with E-state index >= 15 is 0 Å². The molecule has 4 heteroatoms. The van der Waals surface area contributed by atoms with Gasteiger partial charge < -0.3 is 5.11 Å². The van der Waals surface area contributed by atoms with Crippen LogP contribution in [0, 0.1) is 13.8 Å². The van der Waals surface area contributed by atoms with Gasteiger partial charge in [0.25, 0.3) is 5.91 Å². The van der Waals surface area contributed by atoms with E-state index in [0.717, 1.165) is 21.6 Å². The van der Waals surface area contributed by atoms with Gasteiger partial charge in [-0.1, -0.05) is 56.7 Å². The summed E-state index contributed by atoms with van der Waals surface area (Å²) in [5.41, 5.74) is 4.08. The van der Waals surface area contributed by atoms with Crippen LogP contribution in [0.1, 0.15) is 43.0 Å². The van der Waals surface area contributed by atoms with Crippen molar-refractivity contribution in [1.29, 1.82) is 0 Å². The van der Waals surface area contributed by atoms with E-state index in [1.165, 1.54) is 0 Å².